The van der Waals surface area contributed by atoms with Crippen LogP contribution in [0, 0.1) is 5.82 Å². The third-order valence-electron chi connectivity index (χ3n) is 6.04. The molecule has 2 N–H and O–H groups in total. The van der Waals surface area contributed by atoms with Crippen LogP contribution in [0.15, 0.2) is 72.9 Å². The first-order valence-electron chi connectivity index (χ1n) is 11.5. The molecule has 0 aliphatic rings. The van der Waals surface area contributed by atoms with Crippen LogP contribution in [0.1, 0.15) is 15.9 Å². The van der Waals surface area contributed by atoms with Gasteiger partial charge in [-0.3, -0.25) is 4.79 Å². The van der Waals surface area contributed by atoms with E-state index in [2.05, 4.69) is 22.1 Å². The molecule has 4 rings (SSSR count). The molecule has 0 bridgehead atoms. The molecular weight excluding hydrogens is 447 g/mol. The van der Waals surface area contributed by atoms with Gasteiger partial charge in [-0.25, -0.2) is 4.39 Å². The topological polar surface area (TPSA) is 72.7 Å². The molecular formula is C28H29FN2O4. The summed E-state index contributed by atoms with van der Waals surface area (Å²) in [6.07, 6.45) is 2.53. The predicted molar refractivity (Wildman–Crippen MR) is 134 cm³/mol. The van der Waals surface area contributed by atoms with Crippen LogP contribution in [-0.2, 0) is 17.7 Å². The Kier molecular flexibility index (Phi) is 7.80. The quantitative estimate of drug-likeness (QED) is 0.355. The molecule has 0 saturated carbocycles. The number of aliphatic hydroxyl groups excluding tert-OH is 1. The highest BCUT2D eigenvalue weighted by Crippen LogP contribution is 2.26. The SMILES string of the molecule is COCCn1cc(C[C@H](CO)NC(=O)c2cccc(-c3ccc(OC)c(F)c3)c2)c2ccccc21. The second kappa shape index (κ2) is 11.2. The maximum absolute atomic E-state index is 14.2. The molecule has 1 aromatic heterocycles. The fraction of sp³-hybridized carbons (Fsp3) is 0.250. The van der Waals surface area contributed by atoms with E-state index in [0.717, 1.165) is 16.5 Å². The van der Waals surface area contributed by atoms with Crippen LogP contribution in [0.25, 0.3) is 22.0 Å². The van der Waals surface area contributed by atoms with E-state index in [1.54, 1.807) is 37.4 Å². The minimum absolute atomic E-state index is 0.164. The van der Waals surface area contributed by atoms with E-state index in [9.17, 15) is 14.3 Å². The van der Waals surface area contributed by atoms with E-state index in [-0.39, 0.29) is 18.3 Å². The number of aliphatic hydroxyl groups is 1. The van der Waals surface area contributed by atoms with Crippen molar-refractivity contribution >= 4 is 16.8 Å². The summed E-state index contributed by atoms with van der Waals surface area (Å²) in [6.45, 7) is 1.10. The molecule has 0 aliphatic carbocycles. The van der Waals surface area contributed by atoms with Gasteiger partial charge in [-0.1, -0.05) is 36.4 Å². The van der Waals surface area contributed by atoms with E-state index in [1.807, 2.05) is 24.3 Å². The van der Waals surface area contributed by atoms with Crippen LogP contribution in [-0.4, -0.2) is 49.1 Å². The summed E-state index contributed by atoms with van der Waals surface area (Å²) < 4.78 is 26.5. The van der Waals surface area contributed by atoms with Gasteiger partial charge in [-0.15, -0.1) is 0 Å². The Labute approximate surface area is 203 Å². The summed E-state index contributed by atoms with van der Waals surface area (Å²) in [5, 5.41) is 14.0. The molecule has 1 amide bonds. The zero-order valence-corrected chi connectivity index (χ0v) is 19.8. The van der Waals surface area contributed by atoms with Crippen LogP contribution in [0.5, 0.6) is 5.75 Å². The lowest BCUT2D eigenvalue weighted by molar-refractivity contribution is 0.0916. The molecule has 1 heterocycles. The molecule has 1 atom stereocenters. The Bertz CT molecular complexity index is 1320. The van der Waals surface area contributed by atoms with Gasteiger partial charge in [0.2, 0.25) is 0 Å². The number of para-hydroxylation sites is 1. The number of hydrogen-bond donors (Lipinski definition) is 2. The number of carbonyl (C=O) groups is 1. The molecule has 6 nitrogen and oxygen atoms in total. The number of amides is 1. The fourth-order valence-corrected chi connectivity index (χ4v) is 4.24. The third kappa shape index (κ3) is 5.53. The maximum Gasteiger partial charge on any atom is 0.251 e. The first kappa shape index (κ1) is 24.4. The number of hydrogen-bond acceptors (Lipinski definition) is 4. The second-order valence-electron chi connectivity index (χ2n) is 8.34. The van der Waals surface area contributed by atoms with E-state index in [1.165, 1.54) is 13.2 Å². The predicted octanol–water partition coefficient (Wildman–Crippen LogP) is 4.44. The van der Waals surface area contributed by atoms with Gasteiger partial charge >= 0.3 is 0 Å². The number of aromatic nitrogens is 1. The molecule has 0 fully saturated rings. The first-order valence-corrected chi connectivity index (χ1v) is 11.5. The zero-order valence-electron chi connectivity index (χ0n) is 19.8. The molecule has 0 unspecified atom stereocenters. The first-order chi connectivity index (χ1) is 17.0. The van der Waals surface area contributed by atoms with Crippen LogP contribution < -0.4 is 10.1 Å². The number of rotatable bonds is 10. The lowest BCUT2D eigenvalue weighted by Crippen LogP contribution is -2.39. The summed E-state index contributed by atoms with van der Waals surface area (Å²) in [7, 11) is 3.09. The van der Waals surface area contributed by atoms with Crippen LogP contribution in [0.3, 0.4) is 0 Å². The molecule has 0 saturated heterocycles. The van der Waals surface area contributed by atoms with Crippen molar-refractivity contribution in [1.29, 1.82) is 0 Å². The molecule has 182 valence electrons. The Morgan fingerprint density at radius 2 is 1.86 bits per heavy atom. The number of ether oxygens (including phenoxy) is 2. The van der Waals surface area contributed by atoms with Gasteiger partial charge in [0.15, 0.2) is 11.6 Å². The van der Waals surface area contributed by atoms with E-state index >= 15 is 0 Å². The average Bonchev–Trinajstić information content (AvgIpc) is 3.24. The van der Waals surface area contributed by atoms with E-state index < -0.39 is 11.9 Å². The van der Waals surface area contributed by atoms with Crippen LogP contribution in [0.2, 0.25) is 0 Å². The number of methoxy groups -OCH3 is 2. The molecule has 35 heavy (non-hydrogen) atoms. The zero-order chi connectivity index (χ0) is 24.8. The number of benzene rings is 3. The Balaban J connectivity index is 1.52. The number of nitrogens with zero attached hydrogens (tertiary/aromatic N) is 1. The minimum atomic E-state index is -0.468. The van der Waals surface area contributed by atoms with Crippen molar-refractivity contribution in [3.8, 4) is 16.9 Å². The number of halogens is 1. The maximum atomic E-state index is 14.2. The molecule has 4 aromatic rings. The summed E-state index contributed by atoms with van der Waals surface area (Å²) in [5.74, 6) is -0.607. The van der Waals surface area contributed by atoms with Gasteiger partial charge in [-0.05, 0) is 53.4 Å². The smallest absolute Gasteiger partial charge is 0.251 e. The normalized spacial score (nSPS) is 12.0. The van der Waals surface area contributed by atoms with E-state index in [4.69, 9.17) is 9.47 Å². The Hall–Kier alpha value is -3.68. The fourth-order valence-electron chi connectivity index (χ4n) is 4.24. The summed E-state index contributed by atoms with van der Waals surface area (Å²) in [4.78, 5) is 13.0. The molecule has 0 spiro atoms. The van der Waals surface area contributed by atoms with Crippen LogP contribution in [0.4, 0.5) is 4.39 Å². The van der Waals surface area contributed by atoms with Gasteiger partial charge in [0, 0.05) is 36.3 Å². The van der Waals surface area contributed by atoms with Crippen molar-refractivity contribution in [2.45, 2.75) is 19.0 Å². The van der Waals surface area contributed by atoms with E-state index in [0.29, 0.717) is 36.3 Å². The third-order valence-corrected chi connectivity index (χ3v) is 6.04. The van der Waals surface area contributed by atoms with Crippen molar-refractivity contribution in [2.24, 2.45) is 0 Å². The standard InChI is InChI=1S/C28H29FN2O4/c1-34-13-12-31-17-22(24-8-3-4-9-26(24)31)15-23(18-32)30-28(33)21-7-5-6-19(14-21)20-10-11-27(35-2)25(29)16-20/h3-11,14,16-17,23,32H,12-13,15,18H2,1-2H3,(H,30,33)/t23-/m1/s1. The number of nitrogens with one attached hydrogen (secondary N) is 1. The molecule has 0 aliphatic heterocycles. The van der Waals surface area contributed by atoms with Crippen molar-refractivity contribution < 1.29 is 23.8 Å². The van der Waals surface area contributed by atoms with Gasteiger partial charge in [-0.2, -0.15) is 0 Å². The number of carbonyl (C=O) groups excluding carboxylic acids is 1. The highest BCUT2D eigenvalue weighted by molar-refractivity contribution is 5.95. The number of fused-ring (bicyclic) bond motifs is 1. The molecule has 7 heteroatoms. The van der Waals surface area contributed by atoms with Crippen molar-refractivity contribution in [3.63, 3.8) is 0 Å². The van der Waals surface area contributed by atoms with Crippen molar-refractivity contribution in [2.75, 3.05) is 27.4 Å². The highest BCUT2D eigenvalue weighted by atomic mass is 19.1. The van der Waals surface area contributed by atoms with Gasteiger partial charge in [0.1, 0.15) is 0 Å². The minimum Gasteiger partial charge on any atom is -0.494 e. The van der Waals surface area contributed by atoms with Gasteiger partial charge in [0.05, 0.1) is 26.4 Å². The summed E-state index contributed by atoms with van der Waals surface area (Å²) >= 11 is 0. The highest BCUT2D eigenvalue weighted by Gasteiger charge is 2.17. The second-order valence-corrected chi connectivity index (χ2v) is 8.34. The molecule has 0 radical (unpaired) electrons. The van der Waals surface area contributed by atoms with Gasteiger partial charge in [0.25, 0.3) is 5.91 Å². The average molecular weight is 477 g/mol. The Morgan fingerprint density at radius 1 is 1.06 bits per heavy atom. The Morgan fingerprint density at radius 3 is 2.60 bits per heavy atom. The lowest BCUT2D eigenvalue weighted by atomic mass is 10.0. The van der Waals surface area contributed by atoms with Crippen molar-refractivity contribution in [1.82, 2.24) is 9.88 Å². The van der Waals surface area contributed by atoms with Crippen LogP contribution >= 0.6 is 0 Å². The summed E-state index contributed by atoms with van der Waals surface area (Å²) in [5.41, 5.74) is 3.90. The largest absolute Gasteiger partial charge is 0.494 e. The van der Waals surface area contributed by atoms with Crippen molar-refractivity contribution in [3.05, 3.63) is 89.9 Å². The van der Waals surface area contributed by atoms with Gasteiger partial charge < -0.3 is 24.5 Å². The summed E-state index contributed by atoms with van der Waals surface area (Å²) in [6, 6.07) is 19.3. The lowest BCUT2D eigenvalue weighted by Gasteiger charge is -2.16. The monoisotopic (exact) mass is 476 g/mol. The molecule has 3 aromatic carbocycles.